The van der Waals surface area contributed by atoms with E-state index in [4.69, 9.17) is 16.3 Å². The van der Waals surface area contributed by atoms with Crippen molar-refractivity contribution in [1.82, 2.24) is 20.2 Å². The fourth-order valence-electron chi connectivity index (χ4n) is 2.25. The van der Waals surface area contributed by atoms with E-state index < -0.39 is 0 Å². The molecule has 1 heterocycles. The molecule has 1 N–H and O–H groups in total. The van der Waals surface area contributed by atoms with Crippen molar-refractivity contribution in [2.75, 3.05) is 18.2 Å². The van der Waals surface area contributed by atoms with Gasteiger partial charge in [-0.25, -0.2) is 0 Å². The highest BCUT2D eigenvalue weighted by atomic mass is 35.5. The molecular formula is C17H16ClN5O2S. The molecule has 1 aromatic heterocycles. The maximum absolute atomic E-state index is 12.1. The van der Waals surface area contributed by atoms with Crippen molar-refractivity contribution in [3.05, 3.63) is 53.6 Å². The van der Waals surface area contributed by atoms with E-state index >= 15 is 0 Å². The third-order valence-corrected chi connectivity index (χ3v) is 4.58. The predicted octanol–water partition coefficient (Wildman–Crippen LogP) is 3.45. The van der Waals surface area contributed by atoms with Gasteiger partial charge in [0.1, 0.15) is 11.4 Å². The summed E-state index contributed by atoms with van der Waals surface area (Å²) in [6.45, 7) is 0. The Morgan fingerprint density at radius 3 is 2.92 bits per heavy atom. The molecule has 7 nitrogen and oxygen atoms in total. The van der Waals surface area contributed by atoms with Gasteiger partial charge in [-0.15, -0.1) is 5.10 Å². The molecule has 134 valence electrons. The monoisotopic (exact) mass is 389 g/mol. The molecule has 3 aromatic rings. The normalized spacial score (nSPS) is 10.5. The molecule has 0 bridgehead atoms. The van der Waals surface area contributed by atoms with Crippen molar-refractivity contribution in [3.63, 3.8) is 0 Å². The van der Waals surface area contributed by atoms with Crippen molar-refractivity contribution in [2.45, 2.75) is 11.6 Å². The number of hydrogen-bond acceptors (Lipinski definition) is 6. The van der Waals surface area contributed by atoms with E-state index in [0.29, 0.717) is 33.8 Å². The van der Waals surface area contributed by atoms with Gasteiger partial charge in [0, 0.05) is 22.9 Å². The zero-order chi connectivity index (χ0) is 18.4. The lowest BCUT2D eigenvalue weighted by molar-refractivity contribution is -0.115. The lowest BCUT2D eigenvalue weighted by Crippen LogP contribution is -2.12. The van der Waals surface area contributed by atoms with Crippen LogP contribution < -0.4 is 10.1 Å². The van der Waals surface area contributed by atoms with Crippen LogP contribution in [0.5, 0.6) is 5.75 Å². The molecule has 3 rings (SSSR count). The molecule has 0 spiro atoms. The molecule has 0 aliphatic carbocycles. The Balaban J connectivity index is 1.59. The van der Waals surface area contributed by atoms with E-state index in [1.54, 1.807) is 36.1 Å². The zero-order valence-electron chi connectivity index (χ0n) is 13.9. The Morgan fingerprint density at radius 1 is 1.27 bits per heavy atom. The molecule has 0 saturated heterocycles. The number of hydrogen-bond donors (Lipinski definition) is 1. The van der Waals surface area contributed by atoms with Crippen LogP contribution in [0.1, 0.15) is 6.42 Å². The van der Waals surface area contributed by atoms with Gasteiger partial charge < -0.3 is 10.1 Å². The van der Waals surface area contributed by atoms with Crippen LogP contribution in [0.3, 0.4) is 0 Å². The Morgan fingerprint density at radius 2 is 2.12 bits per heavy atom. The molecule has 0 aliphatic rings. The van der Waals surface area contributed by atoms with Crippen molar-refractivity contribution < 1.29 is 9.53 Å². The average Bonchev–Trinajstić information content (AvgIpc) is 3.10. The van der Waals surface area contributed by atoms with Gasteiger partial charge in [0.15, 0.2) is 0 Å². The highest BCUT2D eigenvalue weighted by Gasteiger charge is 2.13. The van der Waals surface area contributed by atoms with E-state index in [1.807, 2.05) is 24.3 Å². The lowest BCUT2D eigenvalue weighted by atomic mass is 10.3. The number of nitrogens with zero attached hydrogens (tertiary/aromatic N) is 4. The number of rotatable bonds is 7. The second kappa shape index (κ2) is 8.68. The molecule has 26 heavy (non-hydrogen) atoms. The first-order valence-corrected chi connectivity index (χ1v) is 9.13. The quantitative estimate of drug-likeness (QED) is 0.623. The number of tetrazole rings is 1. The molecule has 0 fully saturated rings. The van der Waals surface area contributed by atoms with Gasteiger partial charge in [0.25, 0.3) is 0 Å². The summed E-state index contributed by atoms with van der Waals surface area (Å²) in [6.07, 6.45) is 0.315. The van der Waals surface area contributed by atoms with Crippen molar-refractivity contribution >= 4 is 35.0 Å². The van der Waals surface area contributed by atoms with E-state index in [-0.39, 0.29) is 5.91 Å². The largest absolute Gasteiger partial charge is 0.494 e. The first-order chi connectivity index (χ1) is 12.7. The van der Waals surface area contributed by atoms with Gasteiger partial charge in [-0.3, -0.25) is 4.79 Å². The molecule has 0 saturated carbocycles. The van der Waals surface area contributed by atoms with E-state index in [0.717, 1.165) is 5.69 Å². The number of nitrogens with one attached hydrogen (secondary N) is 1. The topological polar surface area (TPSA) is 81.9 Å². The zero-order valence-corrected chi connectivity index (χ0v) is 15.5. The summed E-state index contributed by atoms with van der Waals surface area (Å²) in [5, 5.41) is 15.7. The third-order valence-electron chi connectivity index (χ3n) is 3.42. The summed E-state index contributed by atoms with van der Waals surface area (Å²) < 4.78 is 6.94. The van der Waals surface area contributed by atoms with Crippen LogP contribution in [0.25, 0.3) is 5.69 Å². The lowest BCUT2D eigenvalue weighted by Gasteiger charge is -2.09. The van der Waals surface area contributed by atoms with Gasteiger partial charge in [-0.2, -0.15) is 4.68 Å². The SMILES string of the molecule is COc1ccccc1-n1nnnc1SCCC(=O)Nc1cccc(Cl)c1. The number of carbonyl (C=O) groups is 1. The van der Waals surface area contributed by atoms with Gasteiger partial charge in [-0.05, 0) is 40.8 Å². The first-order valence-electron chi connectivity index (χ1n) is 7.77. The van der Waals surface area contributed by atoms with Crippen molar-refractivity contribution in [1.29, 1.82) is 0 Å². The van der Waals surface area contributed by atoms with Gasteiger partial charge >= 0.3 is 0 Å². The predicted molar refractivity (Wildman–Crippen MR) is 101 cm³/mol. The number of carbonyl (C=O) groups excluding carboxylic acids is 1. The Kier molecular flexibility index (Phi) is 6.08. The summed E-state index contributed by atoms with van der Waals surface area (Å²) in [4.78, 5) is 12.1. The summed E-state index contributed by atoms with van der Waals surface area (Å²) in [5.74, 6) is 1.10. The van der Waals surface area contributed by atoms with Gasteiger partial charge in [0.2, 0.25) is 11.1 Å². The second-order valence-electron chi connectivity index (χ2n) is 5.20. The molecule has 2 aromatic carbocycles. The van der Waals surface area contributed by atoms with Crippen LogP contribution in [-0.2, 0) is 4.79 Å². The number of amides is 1. The van der Waals surface area contributed by atoms with E-state index in [1.165, 1.54) is 11.8 Å². The smallest absolute Gasteiger partial charge is 0.225 e. The Hall–Kier alpha value is -2.58. The van der Waals surface area contributed by atoms with Crippen LogP contribution in [-0.4, -0.2) is 39.0 Å². The van der Waals surface area contributed by atoms with Crippen LogP contribution in [0.15, 0.2) is 53.7 Å². The van der Waals surface area contributed by atoms with Crippen LogP contribution in [0.2, 0.25) is 5.02 Å². The summed E-state index contributed by atoms with van der Waals surface area (Å²) >= 11 is 7.30. The molecule has 0 atom stereocenters. The van der Waals surface area contributed by atoms with Gasteiger partial charge in [0.05, 0.1) is 7.11 Å². The second-order valence-corrected chi connectivity index (χ2v) is 6.70. The number of ether oxygens (including phenoxy) is 1. The van der Waals surface area contributed by atoms with Crippen LogP contribution in [0.4, 0.5) is 5.69 Å². The van der Waals surface area contributed by atoms with Crippen molar-refractivity contribution in [3.8, 4) is 11.4 Å². The minimum absolute atomic E-state index is 0.101. The molecule has 0 aliphatic heterocycles. The molecule has 9 heteroatoms. The number of thioether (sulfide) groups is 1. The maximum Gasteiger partial charge on any atom is 0.225 e. The summed E-state index contributed by atoms with van der Waals surface area (Å²) in [7, 11) is 1.59. The van der Waals surface area contributed by atoms with E-state index in [2.05, 4.69) is 20.8 Å². The number of aromatic nitrogens is 4. The summed E-state index contributed by atoms with van der Waals surface area (Å²) in [6, 6.07) is 14.5. The summed E-state index contributed by atoms with van der Waals surface area (Å²) in [5.41, 5.74) is 1.41. The number of benzene rings is 2. The minimum atomic E-state index is -0.101. The minimum Gasteiger partial charge on any atom is -0.494 e. The Labute approximate surface area is 159 Å². The average molecular weight is 390 g/mol. The number of para-hydroxylation sites is 2. The fraction of sp³-hybridized carbons (Fsp3) is 0.176. The standard InChI is InChI=1S/C17H16ClN5O2S/c1-25-15-8-3-2-7-14(15)23-17(20-21-22-23)26-10-9-16(24)19-13-6-4-5-12(18)11-13/h2-8,11H,9-10H2,1H3,(H,19,24). The molecule has 0 unspecified atom stereocenters. The molecule has 0 radical (unpaired) electrons. The molecular weight excluding hydrogens is 374 g/mol. The molecule has 1 amide bonds. The third kappa shape index (κ3) is 4.53. The number of anilines is 1. The first kappa shape index (κ1) is 18.2. The fourth-order valence-corrected chi connectivity index (χ4v) is 3.26. The Bertz CT molecular complexity index is 902. The van der Waals surface area contributed by atoms with Crippen LogP contribution in [0, 0.1) is 0 Å². The van der Waals surface area contributed by atoms with Gasteiger partial charge in [-0.1, -0.05) is 41.6 Å². The van der Waals surface area contributed by atoms with Crippen molar-refractivity contribution in [2.24, 2.45) is 0 Å². The van der Waals surface area contributed by atoms with E-state index in [9.17, 15) is 4.79 Å². The maximum atomic E-state index is 12.1. The highest BCUT2D eigenvalue weighted by molar-refractivity contribution is 7.99. The number of halogens is 1. The number of methoxy groups -OCH3 is 1. The van der Waals surface area contributed by atoms with Crippen LogP contribution >= 0.6 is 23.4 Å². The highest BCUT2D eigenvalue weighted by Crippen LogP contribution is 2.25.